The molecule has 0 atom stereocenters. The number of hydrogen-bond acceptors (Lipinski definition) is 0. The summed E-state index contributed by atoms with van der Waals surface area (Å²) in [4.78, 5) is 0. The van der Waals surface area contributed by atoms with Gasteiger partial charge in [0.05, 0.1) is 0 Å². The van der Waals surface area contributed by atoms with Crippen LogP contribution >= 0.6 is 0 Å². The van der Waals surface area contributed by atoms with Crippen LogP contribution in [0.4, 0.5) is 0 Å². The molecule has 0 heterocycles. The van der Waals surface area contributed by atoms with Gasteiger partial charge >= 0.3 is 0 Å². The van der Waals surface area contributed by atoms with Crippen molar-refractivity contribution in [3.8, 4) is 0 Å². The molecule has 1 aromatic rings. The normalized spacial score (nSPS) is 6.54. The summed E-state index contributed by atoms with van der Waals surface area (Å²) in [7, 11) is 4.25. The Morgan fingerprint density at radius 1 is 1.23 bits per heavy atom. The van der Waals surface area contributed by atoms with E-state index in [2.05, 4.69) is 40.6 Å². The average Bonchev–Trinajstić information content (AvgIpc) is 2.17. The van der Waals surface area contributed by atoms with E-state index in [-0.39, 0.29) is 32.7 Å². The van der Waals surface area contributed by atoms with E-state index in [0.29, 0.717) is 0 Å². The number of benzene rings is 1. The van der Waals surface area contributed by atoms with Gasteiger partial charge in [0.25, 0.3) is 0 Å². The number of hydrogen-bond donors (Lipinski definition) is 0. The van der Waals surface area contributed by atoms with E-state index in [1.54, 1.807) is 0 Å². The first-order valence-corrected chi connectivity index (χ1v) is 4.15. The maximum absolute atomic E-state index is 4.25. The van der Waals surface area contributed by atoms with Crippen LogP contribution in [-0.4, -0.2) is 7.85 Å². The van der Waals surface area contributed by atoms with Gasteiger partial charge in [0.15, 0.2) is 0 Å². The van der Waals surface area contributed by atoms with Crippen molar-refractivity contribution in [1.29, 1.82) is 0 Å². The molecule has 3 radical (unpaired) electrons. The zero-order valence-corrected chi connectivity index (χ0v) is 11.9. The standard InChI is InChI=1S/C8H9.C2H6.CH2B.Y/c1-7-5-3-4-6-8(7)2;2*1-2;/h3-5H,1-2H3;1-2H3;1H2;/q-1;;-1;. The Hall–Kier alpha value is 0.389. The smallest absolute Gasteiger partial charge is 0 e. The van der Waals surface area contributed by atoms with Crippen LogP contribution in [0.25, 0.3) is 0 Å². The summed E-state index contributed by atoms with van der Waals surface area (Å²) < 4.78 is 0. The molecular formula is C11H17BY-2. The van der Waals surface area contributed by atoms with Gasteiger partial charge in [-0.2, -0.15) is 43.2 Å². The topological polar surface area (TPSA) is 0 Å². The van der Waals surface area contributed by atoms with Gasteiger partial charge in [0.1, 0.15) is 0 Å². The van der Waals surface area contributed by atoms with Crippen molar-refractivity contribution < 1.29 is 32.7 Å². The van der Waals surface area contributed by atoms with E-state index >= 15 is 0 Å². The molecule has 0 spiro atoms. The van der Waals surface area contributed by atoms with Crippen LogP contribution in [0.15, 0.2) is 18.2 Å². The summed E-state index contributed by atoms with van der Waals surface area (Å²) in [5.74, 6) is 0. The fraction of sp³-hybridized carbons (Fsp3) is 0.364. The van der Waals surface area contributed by atoms with Gasteiger partial charge in [-0.25, -0.2) is 0 Å². The molecule has 1 rings (SSSR count). The minimum absolute atomic E-state index is 0. The summed E-state index contributed by atoms with van der Waals surface area (Å²) in [6.45, 7) is 10.9. The van der Waals surface area contributed by atoms with E-state index < -0.39 is 0 Å². The summed E-state index contributed by atoms with van der Waals surface area (Å²) in [5.41, 5.74) is 2.56. The summed E-state index contributed by atoms with van der Waals surface area (Å²) in [6.07, 6.45) is 0. The Bertz CT molecular complexity index is 166. The molecule has 0 amide bonds. The first-order chi connectivity index (χ1) is 5.80. The van der Waals surface area contributed by atoms with E-state index in [1.807, 2.05) is 26.0 Å². The Labute approximate surface area is 110 Å². The Morgan fingerprint density at radius 3 is 1.92 bits per heavy atom. The summed E-state index contributed by atoms with van der Waals surface area (Å²) in [6, 6.07) is 9.12. The van der Waals surface area contributed by atoms with Gasteiger partial charge in [-0.15, -0.1) is 0 Å². The molecule has 0 saturated heterocycles. The molecule has 0 saturated carbocycles. The molecule has 0 fully saturated rings. The van der Waals surface area contributed by atoms with Crippen LogP contribution in [0.3, 0.4) is 0 Å². The molecule has 13 heavy (non-hydrogen) atoms. The Balaban J connectivity index is -0.000000178. The van der Waals surface area contributed by atoms with Crippen molar-refractivity contribution in [2.75, 3.05) is 0 Å². The Kier molecular flexibility index (Phi) is 21.8. The first-order valence-electron chi connectivity index (χ1n) is 4.15. The van der Waals surface area contributed by atoms with Gasteiger partial charge in [0.2, 0.25) is 0 Å². The summed E-state index contributed by atoms with van der Waals surface area (Å²) in [5, 5.41) is 0. The van der Waals surface area contributed by atoms with Gasteiger partial charge in [-0.05, 0) is 0 Å². The summed E-state index contributed by atoms with van der Waals surface area (Å²) >= 11 is 0. The zero-order valence-electron chi connectivity index (χ0n) is 9.09. The third kappa shape index (κ3) is 10.3. The van der Waals surface area contributed by atoms with Crippen LogP contribution in [-0.2, 0) is 32.7 Å². The van der Waals surface area contributed by atoms with Crippen LogP contribution in [0.5, 0.6) is 0 Å². The van der Waals surface area contributed by atoms with E-state index in [4.69, 9.17) is 0 Å². The average molecular weight is 249 g/mol. The minimum atomic E-state index is 0. The van der Waals surface area contributed by atoms with Gasteiger partial charge < -0.3 is 6.82 Å². The zero-order chi connectivity index (χ0) is 9.98. The quantitative estimate of drug-likeness (QED) is 0.489. The fourth-order valence-electron chi connectivity index (χ4n) is 0.604. The molecule has 1 aromatic carbocycles. The second-order valence-electron chi connectivity index (χ2n) is 1.98. The molecule has 2 heteroatoms. The van der Waals surface area contributed by atoms with Gasteiger partial charge in [0, 0.05) is 32.7 Å². The molecule has 0 aromatic heterocycles. The van der Waals surface area contributed by atoms with E-state index in [0.717, 1.165) is 0 Å². The number of aryl methyl sites for hydroxylation is 2. The molecule has 0 unspecified atom stereocenters. The van der Waals surface area contributed by atoms with E-state index in [9.17, 15) is 0 Å². The minimum Gasteiger partial charge on any atom is -0.382 e. The van der Waals surface area contributed by atoms with Crippen LogP contribution in [0.2, 0.25) is 0 Å². The van der Waals surface area contributed by atoms with Crippen LogP contribution in [0, 0.1) is 26.7 Å². The maximum atomic E-state index is 4.25. The molecule has 0 nitrogen and oxygen atoms in total. The SMILES string of the molecule is CC.Cc1[c-]cccc1C.[B][CH2-].[Y]. The third-order valence-electron chi connectivity index (χ3n) is 1.33. The van der Waals surface area contributed by atoms with Gasteiger partial charge in [-0.1, -0.05) is 27.7 Å². The second-order valence-corrected chi connectivity index (χ2v) is 1.98. The fourth-order valence-corrected chi connectivity index (χ4v) is 0.604. The molecule has 0 aliphatic rings. The molecule has 0 aliphatic carbocycles. The first kappa shape index (κ1) is 19.0. The van der Waals surface area contributed by atoms with Crippen molar-refractivity contribution >= 4 is 7.85 Å². The van der Waals surface area contributed by atoms with Crippen LogP contribution in [0.1, 0.15) is 25.0 Å². The molecule has 0 aliphatic heterocycles. The molecule has 0 N–H and O–H groups in total. The van der Waals surface area contributed by atoms with E-state index in [1.165, 1.54) is 11.1 Å². The predicted molar refractivity (Wildman–Crippen MR) is 57.2 cm³/mol. The van der Waals surface area contributed by atoms with Crippen molar-refractivity contribution in [3.05, 3.63) is 42.2 Å². The molecular weight excluding hydrogens is 232 g/mol. The molecule has 0 bridgehead atoms. The monoisotopic (exact) mass is 249 g/mol. The number of rotatable bonds is 0. The largest absolute Gasteiger partial charge is 0.382 e. The van der Waals surface area contributed by atoms with Gasteiger partial charge in [-0.3, -0.25) is 0 Å². The van der Waals surface area contributed by atoms with Crippen LogP contribution < -0.4 is 0 Å². The van der Waals surface area contributed by atoms with Crippen molar-refractivity contribution in [3.63, 3.8) is 0 Å². The predicted octanol–water partition coefficient (Wildman–Crippen LogP) is 3.07. The Morgan fingerprint density at radius 2 is 1.69 bits per heavy atom. The van der Waals surface area contributed by atoms with Crippen molar-refractivity contribution in [2.24, 2.45) is 0 Å². The third-order valence-corrected chi connectivity index (χ3v) is 1.33. The van der Waals surface area contributed by atoms with Crippen molar-refractivity contribution in [2.45, 2.75) is 27.7 Å². The second kappa shape index (κ2) is 14.9. The molecule has 69 valence electrons. The van der Waals surface area contributed by atoms with Crippen molar-refractivity contribution in [1.82, 2.24) is 0 Å². The maximum Gasteiger partial charge on any atom is 0 e.